The number of ketones is 2. The van der Waals surface area contributed by atoms with E-state index in [2.05, 4.69) is 58.3 Å². The minimum absolute atomic E-state index is 0. The summed E-state index contributed by atoms with van der Waals surface area (Å²) < 4.78 is 20.9. The van der Waals surface area contributed by atoms with Gasteiger partial charge in [0, 0.05) is 30.0 Å². The predicted molar refractivity (Wildman–Crippen MR) is 250 cm³/mol. The second kappa shape index (κ2) is 24.3. The molecule has 0 aromatic heterocycles. The number of carboxylic acids is 1. The summed E-state index contributed by atoms with van der Waals surface area (Å²) in [6.07, 6.45) is 5.54. The molecule has 3 saturated carbocycles. The van der Waals surface area contributed by atoms with Crippen molar-refractivity contribution in [3.05, 3.63) is 95.1 Å². The molecular weight excluding hydrogens is 1100 g/mol. The van der Waals surface area contributed by atoms with Gasteiger partial charge in [-0.3, -0.25) is 14.4 Å². The summed E-state index contributed by atoms with van der Waals surface area (Å²) in [4.78, 5) is 57.6. The average Bonchev–Trinajstić information content (AvgIpc) is 3.86. The van der Waals surface area contributed by atoms with Gasteiger partial charge in [0.2, 0.25) is 5.78 Å². The van der Waals surface area contributed by atoms with Gasteiger partial charge in [-0.15, -0.1) is 0 Å². The third-order valence-electron chi connectivity index (χ3n) is 14.2. The normalized spacial score (nSPS) is 25.9. The number of carboxylic acid groups (broad SMARTS) is 1. The Kier molecular flexibility index (Phi) is 20.6. The van der Waals surface area contributed by atoms with Crippen LogP contribution in [0.1, 0.15) is 106 Å². The zero-order valence-corrected chi connectivity index (χ0v) is 44.1. The minimum atomic E-state index is -1.58. The predicted octanol–water partition coefficient (Wildman–Crippen LogP) is 2.66. The van der Waals surface area contributed by atoms with Crippen LogP contribution in [0.5, 0.6) is 17.2 Å². The van der Waals surface area contributed by atoms with Crippen molar-refractivity contribution in [1.29, 1.82) is 0 Å². The molecule has 18 heteroatoms. The second-order valence-electron chi connectivity index (χ2n) is 18.8. The van der Waals surface area contributed by atoms with Crippen LogP contribution >= 0.6 is 0 Å². The smallest absolute Gasteiger partial charge is 1.00 e. The number of nitrogens with zero attached hydrogens (tertiary/aromatic N) is 1. The third kappa shape index (κ3) is 13.2. The van der Waals surface area contributed by atoms with Gasteiger partial charge >= 0.3 is 97.6 Å². The van der Waals surface area contributed by atoms with Crippen molar-refractivity contribution < 1.29 is 81.9 Å². The number of benzene rings is 3. The van der Waals surface area contributed by atoms with Crippen molar-refractivity contribution >= 4 is 59.3 Å². The van der Waals surface area contributed by atoms with Crippen molar-refractivity contribution in [2.45, 2.75) is 97.8 Å². The van der Waals surface area contributed by atoms with E-state index in [0.29, 0.717) is 42.9 Å². The van der Waals surface area contributed by atoms with Crippen molar-refractivity contribution in [3.8, 4) is 17.2 Å². The minimum Gasteiger partial charge on any atom is -1.00 e. The fourth-order valence-electron chi connectivity index (χ4n) is 10.4. The molecule has 0 saturated heterocycles. The molecule has 3 aromatic rings. The summed E-state index contributed by atoms with van der Waals surface area (Å²) in [6.45, 7) is 11.6. The van der Waals surface area contributed by atoms with Crippen LogP contribution in [0.4, 0.5) is 5.69 Å². The molecule has 0 bridgehead atoms. The average molecular weight is 1160 g/mol. The SMILES string of the molecule is CC(=O)OCC(=O)[C@@]1(O)CC[C@H]2[C@@H]3CCC4=CC(=O)CC[C@]4(C)[C@H]3[C@@H](O)C[C@@]21C.CCOC(=O)c1ccc(N)cc1.CC[N+](C)(C)Cc1ccccc1.O.O=C(O)c1cc(O)c2c(c1)[O][Bi][O]2.[Cl-]. The van der Waals surface area contributed by atoms with Crippen molar-refractivity contribution in [2.75, 3.05) is 39.6 Å². The molecule has 5 aliphatic rings. The van der Waals surface area contributed by atoms with E-state index in [-0.39, 0.29) is 69.9 Å². The fourth-order valence-corrected chi connectivity index (χ4v) is 12.4. The molecule has 1 heterocycles. The van der Waals surface area contributed by atoms with Crippen molar-refractivity contribution in [2.24, 2.45) is 28.6 Å². The molecule has 373 valence electrons. The van der Waals surface area contributed by atoms with E-state index in [1.54, 1.807) is 37.3 Å². The second-order valence-corrected chi connectivity index (χ2v) is 20.8. The van der Waals surface area contributed by atoms with E-state index in [1.807, 2.05) is 6.92 Å². The maximum atomic E-state index is 12.9. The summed E-state index contributed by atoms with van der Waals surface area (Å²) in [5, 5.41) is 40.7. The first-order valence-electron chi connectivity index (χ1n) is 22.4. The van der Waals surface area contributed by atoms with Gasteiger partial charge in [0.1, 0.15) is 12.1 Å². The number of carbonyl (C=O) groups is 5. The van der Waals surface area contributed by atoms with E-state index in [0.717, 1.165) is 48.4 Å². The Hall–Kier alpha value is -4.64. The number of aliphatic hydroxyl groups is 2. The molecule has 1 radical (unpaired) electrons. The van der Waals surface area contributed by atoms with E-state index < -0.39 is 65.6 Å². The summed E-state index contributed by atoms with van der Waals surface area (Å²) in [5.74, 6) is -1.42. The summed E-state index contributed by atoms with van der Waals surface area (Å²) >= 11 is -1.46. The monoisotopic (exact) mass is 1160 g/mol. The van der Waals surface area contributed by atoms with E-state index in [4.69, 9.17) is 25.9 Å². The molecule has 0 unspecified atom stereocenters. The zero-order valence-electron chi connectivity index (χ0n) is 39.8. The number of phenols is 1. The van der Waals surface area contributed by atoms with Crippen molar-refractivity contribution in [3.63, 3.8) is 0 Å². The van der Waals surface area contributed by atoms with Crippen LogP contribution in [-0.4, -0.2) is 130 Å². The Labute approximate surface area is 417 Å². The molecule has 4 aliphatic carbocycles. The van der Waals surface area contributed by atoms with Gasteiger partial charge in [0.25, 0.3) is 0 Å². The molecule has 0 amide bonds. The molecule has 7 atom stereocenters. The number of anilines is 1. The van der Waals surface area contributed by atoms with Crippen LogP contribution in [0.3, 0.4) is 0 Å². The van der Waals surface area contributed by atoms with E-state index in [1.165, 1.54) is 25.1 Å². The number of nitrogen functional groups attached to an aromatic ring is 1. The number of carbonyl (C=O) groups excluding carboxylic acids is 4. The molecular formula is C50H67BiClN2O14. The molecule has 68 heavy (non-hydrogen) atoms. The Bertz CT molecular complexity index is 2280. The number of rotatable bonds is 9. The van der Waals surface area contributed by atoms with Gasteiger partial charge in [-0.25, -0.2) is 4.79 Å². The first kappa shape index (κ1) is 57.7. The fraction of sp³-hybridized carbons (Fsp3) is 0.500. The number of phenolic OH excluding ortho intramolecular Hbond substituents is 1. The number of quaternary nitrogens is 1. The summed E-state index contributed by atoms with van der Waals surface area (Å²) in [5.41, 5.74) is 6.69. The number of aromatic hydroxyl groups is 1. The van der Waals surface area contributed by atoms with Gasteiger partial charge in [0.15, 0.2) is 12.4 Å². The number of halogens is 1. The van der Waals surface area contributed by atoms with Crippen LogP contribution in [0.25, 0.3) is 0 Å². The first-order valence-corrected chi connectivity index (χ1v) is 25.3. The number of hydrogen-bond acceptors (Lipinski definition) is 13. The van der Waals surface area contributed by atoms with Gasteiger partial charge in [-0.2, -0.15) is 0 Å². The number of Topliss-reactive ketones (excluding diaryl/α,β-unsaturated/α-hetero) is 1. The maximum Gasteiger partial charge on any atom is -1.00 e. The Balaban J connectivity index is 0.000000263. The standard InChI is InChI=1S/C23H32O6.C11H18N.C9H11NO2.C7H6O5.Bi.ClH.H2O/c1-13(24)29-12-19(27)23(28)9-7-17-16-5-4-14-10-15(25)6-8-21(14,2)20(16)18(26)11-22(17,23)3;1-4-12(2,3)10-11-8-6-5-7-9-11;1-2-12-9(11)7-3-5-8(10)6-4-7;8-4-1-3(7(11)12)2-5(9)6(4)10;;;/h10,16-18,20,26,28H,4-9,11-12H2,1-3H3;5-9H,4,10H2,1-3H3;3-6H,2,10H2,1H3;1-2,8-10H,(H,11,12);;1H;1H2/q;+1;;;+2;;/p-3/t16-,17-,18-,20+,21-,22-,23-;;;;;;/m0....../s1. The van der Waals surface area contributed by atoms with E-state index in [9.17, 15) is 39.3 Å². The number of aromatic carboxylic acids is 1. The molecule has 8 rings (SSSR count). The summed E-state index contributed by atoms with van der Waals surface area (Å²) in [7, 11) is 4.51. The molecule has 0 spiro atoms. The molecule has 8 N–H and O–H groups in total. The maximum absolute atomic E-state index is 12.9. The van der Waals surface area contributed by atoms with Crippen LogP contribution < -0.4 is 23.8 Å². The Morgan fingerprint density at radius 2 is 1.59 bits per heavy atom. The number of aliphatic hydroxyl groups excluding tert-OH is 1. The van der Waals surface area contributed by atoms with Crippen LogP contribution in [0.2, 0.25) is 0 Å². The van der Waals surface area contributed by atoms with Crippen LogP contribution in [0, 0.1) is 28.6 Å². The first-order chi connectivity index (χ1) is 31.1. The van der Waals surface area contributed by atoms with Crippen LogP contribution in [0.15, 0.2) is 78.4 Å². The number of ether oxygens (including phenoxy) is 2. The number of allylic oxidation sites excluding steroid dienone is 1. The molecule has 3 aromatic carbocycles. The number of hydrogen-bond donors (Lipinski definition) is 5. The quantitative estimate of drug-likeness (QED) is 0.0894. The topological polar surface area (TPSA) is 261 Å². The molecule has 3 fully saturated rings. The Morgan fingerprint density at radius 1 is 0.926 bits per heavy atom. The number of nitrogens with two attached hydrogens (primary N) is 1. The van der Waals surface area contributed by atoms with Gasteiger partial charge < -0.3 is 47.8 Å². The zero-order chi connectivity index (χ0) is 48.6. The van der Waals surface area contributed by atoms with Gasteiger partial charge in [0.05, 0.1) is 38.9 Å². The summed E-state index contributed by atoms with van der Waals surface area (Å²) in [6, 6.07) is 19.8. The number of fused-ring (bicyclic) bond motifs is 6. The van der Waals surface area contributed by atoms with Gasteiger partial charge in [-0.05, 0) is 106 Å². The largest absolute Gasteiger partial charge is 1.00 e. The Morgan fingerprint density at radius 3 is 2.19 bits per heavy atom. The van der Waals surface area contributed by atoms with E-state index >= 15 is 0 Å². The van der Waals surface area contributed by atoms with Gasteiger partial charge in [-0.1, -0.05) is 49.8 Å². The van der Waals surface area contributed by atoms with Crippen LogP contribution in [-0.2, 0) is 30.4 Å². The molecule has 16 nitrogen and oxygen atoms in total. The molecule has 1 aliphatic heterocycles. The van der Waals surface area contributed by atoms with Crippen molar-refractivity contribution in [1.82, 2.24) is 0 Å². The third-order valence-corrected chi connectivity index (χ3v) is 16.2. The number of esters is 2.